The van der Waals surface area contributed by atoms with Crippen molar-refractivity contribution in [1.82, 2.24) is 9.80 Å². The predicted molar refractivity (Wildman–Crippen MR) is 76.2 cm³/mol. The summed E-state index contributed by atoms with van der Waals surface area (Å²) < 4.78 is 0.869. The molecule has 0 bridgehead atoms. The van der Waals surface area contributed by atoms with Crippen LogP contribution in [0.15, 0.2) is 22.7 Å². The van der Waals surface area contributed by atoms with Gasteiger partial charge in [0.1, 0.15) is 6.54 Å². The Morgan fingerprint density at radius 1 is 1.16 bits per heavy atom. The minimum absolute atomic E-state index is 0.00920. The van der Waals surface area contributed by atoms with Crippen molar-refractivity contribution in [2.24, 2.45) is 0 Å². The predicted octanol–water partition coefficient (Wildman–Crippen LogP) is 1.22. The Kier molecular flexibility index (Phi) is 4.09. The highest BCUT2D eigenvalue weighted by atomic mass is 79.9. The Bertz CT molecular complexity index is 498. The summed E-state index contributed by atoms with van der Waals surface area (Å²) in [5.74, 6) is -0.0370. The maximum absolute atomic E-state index is 12.0. The van der Waals surface area contributed by atoms with Crippen LogP contribution in [0.25, 0.3) is 0 Å². The zero-order chi connectivity index (χ0) is 14.0. The first-order valence-electron chi connectivity index (χ1n) is 6.10. The molecule has 1 saturated heterocycles. The standard InChI is InChI=1S/C13H16BrN3O2/c1-2-16-7-13(19)17(8-12(16)18)6-9-3-10(14)5-11(15)4-9/h3-5H,2,6-8,15H2,1H3. The van der Waals surface area contributed by atoms with Gasteiger partial charge in [0, 0.05) is 23.2 Å². The van der Waals surface area contributed by atoms with Crippen molar-refractivity contribution in [2.75, 3.05) is 25.4 Å². The molecular weight excluding hydrogens is 310 g/mol. The fourth-order valence-corrected chi connectivity index (χ4v) is 2.68. The van der Waals surface area contributed by atoms with Gasteiger partial charge in [-0.15, -0.1) is 0 Å². The summed E-state index contributed by atoms with van der Waals surface area (Å²) in [6.45, 7) is 3.15. The number of rotatable bonds is 3. The smallest absolute Gasteiger partial charge is 0.242 e. The van der Waals surface area contributed by atoms with Gasteiger partial charge in [0.05, 0.1) is 6.54 Å². The Balaban J connectivity index is 2.11. The molecule has 5 nitrogen and oxygen atoms in total. The van der Waals surface area contributed by atoms with Crippen molar-refractivity contribution >= 4 is 33.4 Å². The van der Waals surface area contributed by atoms with E-state index in [1.807, 2.05) is 19.1 Å². The molecule has 102 valence electrons. The molecule has 0 saturated carbocycles. The highest BCUT2D eigenvalue weighted by Crippen LogP contribution is 2.19. The van der Waals surface area contributed by atoms with Crippen LogP contribution < -0.4 is 5.73 Å². The topological polar surface area (TPSA) is 66.6 Å². The molecule has 1 heterocycles. The second-order valence-corrected chi connectivity index (χ2v) is 5.47. The van der Waals surface area contributed by atoms with Crippen molar-refractivity contribution in [1.29, 1.82) is 0 Å². The van der Waals surface area contributed by atoms with E-state index in [2.05, 4.69) is 15.9 Å². The number of nitrogen functional groups attached to an aromatic ring is 1. The average Bonchev–Trinajstić information content (AvgIpc) is 2.32. The molecule has 2 rings (SSSR count). The lowest BCUT2D eigenvalue weighted by Crippen LogP contribution is -2.53. The molecule has 0 spiro atoms. The molecule has 0 radical (unpaired) electrons. The molecule has 2 N–H and O–H groups in total. The maximum atomic E-state index is 12.0. The number of carbonyl (C=O) groups is 2. The number of nitrogens with zero attached hydrogens (tertiary/aromatic N) is 2. The van der Waals surface area contributed by atoms with E-state index in [1.54, 1.807) is 15.9 Å². The van der Waals surface area contributed by atoms with E-state index < -0.39 is 0 Å². The minimum Gasteiger partial charge on any atom is -0.399 e. The molecule has 6 heteroatoms. The van der Waals surface area contributed by atoms with Crippen molar-refractivity contribution in [3.63, 3.8) is 0 Å². The number of hydrogen-bond donors (Lipinski definition) is 1. The van der Waals surface area contributed by atoms with E-state index in [4.69, 9.17) is 5.73 Å². The number of piperazine rings is 1. The summed E-state index contributed by atoms with van der Waals surface area (Å²) in [4.78, 5) is 26.9. The number of halogens is 1. The number of amides is 2. The number of benzene rings is 1. The summed E-state index contributed by atoms with van der Waals surface area (Å²) in [5.41, 5.74) is 7.31. The Morgan fingerprint density at radius 3 is 2.42 bits per heavy atom. The molecule has 1 aliphatic heterocycles. The van der Waals surface area contributed by atoms with Crippen LogP contribution in [-0.4, -0.2) is 41.2 Å². The third-order valence-corrected chi connectivity index (χ3v) is 3.55. The molecule has 1 aromatic rings. The van der Waals surface area contributed by atoms with E-state index in [9.17, 15) is 9.59 Å². The van der Waals surface area contributed by atoms with Gasteiger partial charge in [-0.05, 0) is 30.7 Å². The minimum atomic E-state index is -0.0278. The molecule has 2 amide bonds. The Morgan fingerprint density at radius 2 is 1.79 bits per heavy atom. The zero-order valence-electron chi connectivity index (χ0n) is 10.7. The number of anilines is 1. The molecular formula is C13H16BrN3O2. The molecule has 1 fully saturated rings. The molecule has 1 aliphatic rings. The van der Waals surface area contributed by atoms with Gasteiger partial charge in [-0.3, -0.25) is 9.59 Å². The van der Waals surface area contributed by atoms with E-state index in [0.717, 1.165) is 10.0 Å². The number of likely N-dealkylation sites (N-methyl/N-ethyl adjacent to an activating group) is 1. The lowest BCUT2D eigenvalue weighted by atomic mass is 10.1. The number of hydrogen-bond acceptors (Lipinski definition) is 3. The van der Waals surface area contributed by atoms with Crippen LogP contribution in [0, 0.1) is 0 Å². The van der Waals surface area contributed by atoms with E-state index >= 15 is 0 Å². The maximum Gasteiger partial charge on any atom is 0.242 e. The van der Waals surface area contributed by atoms with E-state index in [1.165, 1.54) is 0 Å². The molecule has 0 atom stereocenters. The largest absolute Gasteiger partial charge is 0.399 e. The first kappa shape index (κ1) is 13.9. The summed E-state index contributed by atoms with van der Waals surface area (Å²) in [6.07, 6.45) is 0. The summed E-state index contributed by atoms with van der Waals surface area (Å²) in [6, 6.07) is 5.51. The quantitative estimate of drug-likeness (QED) is 0.850. The monoisotopic (exact) mass is 325 g/mol. The fourth-order valence-electron chi connectivity index (χ4n) is 2.12. The molecule has 0 aliphatic carbocycles. The highest BCUT2D eigenvalue weighted by Gasteiger charge is 2.28. The van der Waals surface area contributed by atoms with Crippen LogP contribution in [0.5, 0.6) is 0 Å². The summed E-state index contributed by atoms with van der Waals surface area (Å²) >= 11 is 3.37. The van der Waals surface area contributed by atoms with Crippen LogP contribution in [-0.2, 0) is 16.1 Å². The fraction of sp³-hybridized carbons (Fsp3) is 0.385. The van der Waals surface area contributed by atoms with Gasteiger partial charge in [0.2, 0.25) is 11.8 Å². The Hall–Kier alpha value is -1.56. The second-order valence-electron chi connectivity index (χ2n) is 4.55. The van der Waals surface area contributed by atoms with Gasteiger partial charge >= 0.3 is 0 Å². The number of carbonyl (C=O) groups excluding carboxylic acids is 2. The summed E-state index contributed by atoms with van der Waals surface area (Å²) in [7, 11) is 0. The zero-order valence-corrected chi connectivity index (χ0v) is 12.3. The third kappa shape index (κ3) is 3.26. The SMILES string of the molecule is CCN1CC(=O)N(Cc2cc(N)cc(Br)c2)CC1=O. The van der Waals surface area contributed by atoms with Crippen LogP contribution in [0.1, 0.15) is 12.5 Å². The van der Waals surface area contributed by atoms with Gasteiger partial charge in [0.15, 0.2) is 0 Å². The normalized spacial score (nSPS) is 16.1. The van der Waals surface area contributed by atoms with Crippen LogP contribution in [0.2, 0.25) is 0 Å². The van der Waals surface area contributed by atoms with Gasteiger partial charge in [0.25, 0.3) is 0 Å². The van der Waals surface area contributed by atoms with Gasteiger partial charge in [-0.2, -0.15) is 0 Å². The van der Waals surface area contributed by atoms with Crippen molar-refractivity contribution in [3.05, 3.63) is 28.2 Å². The van der Waals surface area contributed by atoms with Crippen molar-refractivity contribution < 1.29 is 9.59 Å². The second kappa shape index (κ2) is 5.61. The average molecular weight is 326 g/mol. The highest BCUT2D eigenvalue weighted by molar-refractivity contribution is 9.10. The van der Waals surface area contributed by atoms with Gasteiger partial charge in [-0.25, -0.2) is 0 Å². The van der Waals surface area contributed by atoms with Crippen molar-refractivity contribution in [3.8, 4) is 0 Å². The lowest BCUT2D eigenvalue weighted by Gasteiger charge is -2.33. The molecule has 0 aromatic heterocycles. The first-order valence-corrected chi connectivity index (χ1v) is 6.89. The third-order valence-electron chi connectivity index (χ3n) is 3.09. The van der Waals surface area contributed by atoms with E-state index in [-0.39, 0.29) is 24.9 Å². The van der Waals surface area contributed by atoms with Gasteiger partial charge < -0.3 is 15.5 Å². The molecule has 19 heavy (non-hydrogen) atoms. The van der Waals surface area contributed by atoms with Crippen LogP contribution in [0.4, 0.5) is 5.69 Å². The Labute approximate surface area is 120 Å². The van der Waals surface area contributed by atoms with Crippen LogP contribution in [0.3, 0.4) is 0 Å². The van der Waals surface area contributed by atoms with Gasteiger partial charge in [-0.1, -0.05) is 15.9 Å². The first-order chi connectivity index (χ1) is 8.99. The van der Waals surface area contributed by atoms with Crippen molar-refractivity contribution in [2.45, 2.75) is 13.5 Å². The number of nitrogens with two attached hydrogens (primary N) is 1. The van der Waals surface area contributed by atoms with E-state index in [0.29, 0.717) is 18.8 Å². The molecule has 1 aromatic carbocycles. The molecule has 0 unspecified atom stereocenters. The summed E-state index contributed by atoms with van der Waals surface area (Å²) in [5, 5.41) is 0. The van der Waals surface area contributed by atoms with Crippen LogP contribution >= 0.6 is 15.9 Å². The lowest BCUT2D eigenvalue weighted by molar-refractivity contribution is -0.150.